The third kappa shape index (κ3) is 4.66. The van der Waals surface area contributed by atoms with Crippen molar-refractivity contribution >= 4 is 45.1 Å². The average molecular weight is 449 g/mol. The Kier molecular flexibility index (Phi) is 7.29. The predicted octanol–water partition coefficient (Wildman–Crippen LogP) is 5.64. The van der Waals surface area contributed by atoms with Gasteiger partial charge in [0.15, 0.2) is 0 Å². The molecule has 0 fully saturated rings. The van der Waals surface area contributed by atoms with Crippen molar-refractivity contribution in [2.24, 2.45) is 0 Å². The Bertz CT molecular complexity index is 1250. The maximum Gasteiger partial charge on any atom is 0.341 e. The molecule has 0 saturated heterocycles. The monoisotopic (exact) mass is 448 g/mol. The largest absolute Gasteiger partial charge is 0.493 e. The molecule has 6 nitrogen and oxygen atoms in total. The molecule has 3 aromatic rings. The molecule has 1 aromatic heterocycles. The summed E-state index contributed by atoms with van der Waals surface area (Å²) in [5.74, 6) is -0.339. The molecule has 0 aliphatic rings. The van der Waals surface area contributed by atoms with Gasteiger partial charge in [0.05, 0.1) is 18.8 Å². The molecule has 1 amide bonds. The molecule has 2 aromatic carbocycles. The number of hydrogen-bond acceptors (Lipinski definition) is 6. The van der Waals surface area contributed by atoms with Gasteiger partial charge in [-0.1, -0.05) is 30.3 Å². The first-order valence-electron chi connectivity index (χ1n) is 10.3. The fourth-order valence-corrected chi connectivity index (χ4v) is 4.38. The molecule has 0 atom stereocenters. The molecular weight excluding hydrogens is 424 g/mol. The van der Waals surface area contributed by atoms with Crippen LogP contribution in [0.2, 0.25) is 0 Å². The van der Waals surface area contributed by atoms with E-state index < -0.39 is 11.9 Å². The fourth-order valence-electron chi connectivity index (χ4n) is 3.34. The quantitative estimate of drug-likeness (QED) is 0.287. The maximum absolute atomic E-state index is 12.9. The van der Waals surface area contributed by atoms with Crippen molar-refractivity contribution in [2.75, 3.05) is 18.5 Å². The third-order valence-electron chi connectivity index (χ3n) is 4.97. The van der Waals surface area contributed by atoms with Crippen LogP contribution in [0, 0.1) is 25.2 Å². The molecule has 0 spiro atoms. The van der Waals surface area contributed by atoms with Crippen LogP contribution >= 0.6 is 11.3 Å². The van der Waals surface area contributed by atoms with E-state index in [-0.39, 0.29) is 12.2 Å². The summed E-state index contributed by atoms with van der Waals surface area (Å²) >= 11 is 1.28. The van der Waals surface area contributed by atoms with Gasteiger partial charge in [0.2, 0.25) is 0 Å². The minimum absolute atomic E-state index is 0.0715. The Morgan fingerprint density at radius 1 is 1.09 bits per heavy atom. The number of benzene rings is 2. The number of nitrogens with zero attached hydrogens (tertiary/aromatic N) is 1. The molecule has 0 bridgehead atoms. The zero-order valence-corrected chi connectivity index (χ0v) is 19.3. The topological polar surface area (TPSA) is 88.4 Å². The van der Waals surface area contributed by atoms with E-state index >= 15 is 0 Å². The van der Waals surface area contributed by atoms with Crippen molar-refractivity contribution in [3.63, 3.8) is 0 Å². The molecule has 7 heteroatoms. The van der Waals surface area contributed by atoms with E-state index in [0.717, 1.165) is 32.5 Å². The van der Waals surface area contributed by atoms with Gasteiger partial charge >= 0.3 is 5.97 Å². The highest BCUT2D eigenvalue weighted by molar-refractivity contribution is 7.16. The second-order valence-corrected chi connectivity index (χ2v) is 8.19. The van der Waals surface area contributed by atoms with Gasteiger partial charge in [0.25, 0.3) is 5.91 Å². The van der Waals surface area contributed by atoms with Crippen LogP contribution < -0.4 is 10.1 Å². The number of aryl methyl sites for hydroxylation is 1. The minimum Gasteiger partial charge on any atom is -0.493 e. The van der Waals surface area contributed by atoms with Crippen LogP contribution in [0.3, 0.4) is 0 Å². The standard InChI is InChI=1S/C25H24N2O4S/c1-5-30-21-12-11-17(19-9-7-8-10-20(19)21)13-18(14-26)23(28)27-24-22(25(29)31-6-2)15(3)16(4)32-24/h7-13H,5-6H2,1-4H3,(H,27,28)/b18-13+. The Morgan fingerprint density at radius 2 is 1.81 bits per heavy atom. The van der Waals surface area contributed by atoms with Gasteiger partial charge in [0, 0.05) is 10.3 Å². The molecular formula is C25H24N2O4S. The number of thiophene rings is 1. The number of amides is 1. The van der Waals surface area contributed by atoms with E-state index in [4.69, 9.17) is 9.47 Å². The molecule has 0 aliphatic carbocycles. The molecule has 0 unspecified atom stereocenters. The zero-order chi connectivity index (χ0) is 23.3. The number of fused-ring (bicyclic) bond motifs is 1. The Balaban J connectivity index is 1.98. The summed E-state index contributed by atoms with van der Waals surface area (Å²) in [4.78, 5) is 26.2. The van der Waals surface area contributed by atoms with Crippen LogP contribution in [0.25, 0.3) is 16.8 Å². The first kappa shape index (κ1) is 23.0. The van der Waals surface area contributed by atoms with E-state index in [1.807, 2.05) is 56.3 Å². The van der Waals surface area contributed by atoms with Gasteiger partial charge in [-0.15, -0.1) is 11.3 Å². The summed E-state index contributed by atoms with van der Waals surface area (Å²) in [6.07, 6.45) is 1.55. The SMILES string of the molecule is CCOC(=O)c1c(NC(=O)/C(C#N)=C/c2ccc(OCC)c3ccccc23)sc(C)c1C. The number of esters is 1. The summed E-state index contributed by atoms with van der Waals surface area (Å²) in [6.45, 7) is 8.08. The van der Waals surface area contributed by atoms with Crippen molar-refractivity contribution in [1.29, 1.82) is 5.26 Å². The van der Waals surface area contributed by atoms with E-state index in [9.17, 15) is 14.9 Å². The lowest BCUT2D eigenvalue weighted by Crippen LogP contribution is -2.16. The number of hydrogen-bond donors (Lipinski definition) is 1. The van der Waals surface area contributed by atoms with Gasteiger partial charge in [-0.2, -0.15) is 5.26 Å². The molecule has 1 heterocycles. The van der Waals surface area contributed by atoms with Crippen LogP contribution in [0.1, 0.15) is 40.2 Å². The zero-order valence-electron chi connectivity index (χ0n) is 18.4. The van der Waals surface area contributed by atoms with Crippen LogP contribution in [0.4, 0.5) is 5.00 Å². The number of carbonyl (C=O) groups excluding carboxylic acids is 2. The lowest BCUT2D eigenvalue weighted by Gasteiger charge is -2.10. The molecule has 0 aliphatic heterocycles. The van der Waals surface area contributed by atoms with Gasteiger partial charge in [-0.3, -0.25) is 4.79 Å². The highest BCUT2D eigenvalue weighted by atomic mass is 32.1. The van der Waals surface area contributed by atoms with E-state index in [1.54, 1.807) is 19.9 Å². The summed E-state index contributed by atoms with van der Waals surface area (Å²) in [6, 6.07) is 13.3. The number of carbonyl (C=O) groups is 2. The smallest absolute Gasteiger partial charge is 0.341 e. The number of nitrogens with one attached hydrogen (secondary N) is 1. The van der Waals surface area contributed by atoms with Crippen LogP contribution in [-0.2, 0) is 9.53 Å². The second kappa shape index (κ2) is 10.1. The predicted molar refractivity (Wildman–Crippen MR) is 127 cm³/mol. The summed E-state index contributed by atoms with van der Waals surface area (Å²) in [5.41, 5.74) is 1.73. The number of ether oxygens (including phenoxy) is 2. The van der Waals surface area contributed by atoms with E-state index in [0.29, 0.717) is 17.2 Å². The van der Waals surface area contributed by atoms with Gasteiger partial charge in [0.1, 0.15) is 22.4 Å². The number of nitriles is 1. The van der Waals surface area contributed by atoms with Crippen LogP contribution in [0.15, 0.2) is 42.0 Å². The number of rotatable bonds is 7. The lowest BCUT2D eigenvalue weighted by atomic mass is 10.0. The van der Waals surface area contributed by atoms with Crippen LogP contribution in [0.5, 0.6) is 5.75 Å². The first-order valence-corrected chi connectivity index (χ1v) is 11.1. The molecule has 1 N–H and O–H groups in total. The van der Waals surface area contributed by atoms with Crippen LogP contribution in [-0.4, -0.2) is 25.1 Å². The van der Waals surface area contributed by atoms with Crippen molar-refractivity contribution in [2.45, 2.75) is 27.7 Å². The van der Waals surface area contributed by atoms with E-state index in [2.05, 4.69) is 5.32 Å². The van der Waals surface area contributed by atoms with Gasteiger partial charge in [-0.05, 0) is 56.4 Å². The molecule has 32 heavy (non-hydrogen) atoms. The highest BCUT2D eigenvalue weighted by Gasteiger charge is 2.23. The molecule has 0 saturated carbocycles. The Morgan fingerprint density at radius 3 is 2.47 bits per heavy atom. The fraction of sp³-hybridized carbons (Fsp3) is 0.240. The van der Waals surface area contributed by atoms with Gasteiger partial charge < -0.3 is 14.8 Å². The normalized spacial score (nSPS) is 11.2. The van der Waals surface area contributed by atoms with E-state index in [1.165, 1.54) is 11.3 Å². The van der Waals surface area contributed by atoms with Crippen molar-refractivity contribution in [1.82, 2.24) is 0 Å². The summed E-state index contributed by atoms with van der Waals surface area (Å²) in [7, 11) is 0. The molecule has 0 radical (unpaired) electrons. The maximum atomic E-state index is 12.9. The Labute approximate surface area is 191 Å². The summed E-state index contributed by atoms with van der Waals surface area (Å²) < 4.78 is 10.8. The summed E-state index contributed by atoms with van der Waals surface area (Å²) in [5, 5.41) is 14.5. The molecule has 3 rings (SSSR count). The lowest BCUT2D eigenvalue weighted by molar-refractivity contribution is -0.112. The first-order chi connectivity index (χ1) is 15.4. The minimum atomic E-state index is -0.586. The average Bonchev–Trinajstić information content (AvgIpc) is 3.06. The van der Waals surface area contributed by atoms with Crippen molar-refractivity contribution in [3.8, 4) is 11.8 Å². The second-order valence-electron chi connectivity index (χ2n) is 6.96. The number of anilines is 1. The van der Waals surface area contributed by atoms with Gasteiger partial charge in [-0.25, -0.2) is 4.79 Å². The van der Waals surface area contributed by atoms with Crippen molar-refractivity contribution in [3.05, 3.63) is 63.5 Å². The third-order valence-corrected chi connectivity index (χ3v) is 6.10. The van der Waals surface area contributed by atoms with Crippen molar-refractivity contribution < 1.29 is 19.1 Å². The highest BCUT2D eigenvalue weighted by Crippen LogP contribution is 2.34. The molecule has 164 valence electrons. The Hall–Kier alpha value is -3.63.